The minimum atomic E-state index is 0.782. The van der Waals surface area contributed by atoms with Crippen LogP contribution in [0, 0.1) is 5.92 Å². The van der Waals surface area contributed by atoms with E-state index in [4.69, 9.17) is 4.74 Å². The first-order valence-electron chi connectivity index (χ1n) is 6.07. The maximum Gasteiger partial charge on any atom is 0.0494 e. The van der Waals surface area contributed by atoms with E-state index < -0.39 is 0 Å². The molecule has 0 fully saturated rings. The summed E-state index contributed by atoms with van der Waals surface area (Å²) in [4.78, 5) is 0. The third kappa shape index (κ3) is 8.52. The van der Waals surface area contributed by atoms with Gasteiger partial charge in [0.15, 0.2) is 0 Å². The fourth-order valence-electron chi connectivity index (χ4n) is 1.50. The van der Waals surface area contributed by atoms with Crippen molar-refractivity contribution in [3.05, 3.63) is 0 Å². The highest BCUT2D eigenvalue weighted by Crippen LogP contribution is 2.12. The molecule has 0 saturated heterocycles. The van der Waals surface area contributed by atoms with E-state index in [1.54, 1.807) is 0 Å². The molecule has 0 saturated carbocycles. The summed E-state index contributed by atoms with van der Waals surface area (Å²) >= 11 is 0. The molecule has 0 amide bonds. The number of hydrogen-bond donors (Lipinski definition) is 1. The molecule has 0 aliphatic heterocycles. The van der Waals surface area contributed by atoms with Crippen molar-refractivity contribution in [1.82, 2.24) is 5.32 Å². The van der Waals surface area contributed by atoms with Crippen LogP contribution in [0.2, 0.25) is 0 Å². The van der Waals surface area contributed by atoms with Gasteiger partial charge in [0.1, 0.15) is 0 Å². The van der Waals surface area contributed by atoms with E-state index in [1.807, 2.05) is 7.05 Å². The summed E-state index contributed by atoms with van der Waals surface area (Å²) in [7, 11) is 1.98. The summed E-state index contributed by atoms with van der Waals surface area (Å²) in [5.74, 6) is 0.782. The molecule has 0 aliphatic rings. The van der Waals surface area contributed by atoms with E-state index in [0.29, 0.717) is 0 Å². The Morgan fingerprint density at radius 3 is 2.57 bits per heavy atom. The first-order valence-corrected chi connectivity index (χ1v) is 6.07. The van der Waals surface area contributed by atoms with Gasteiger partial charge in [0.2, 0.25) is 0 Å². The largest absolute Gasteiger partial charge is 0.381 e. The van der Waals surface area contributed by atoms with E-state index >= 15 is 0 Å². The van der Waals surface area contributed by atoms with E-state index in [-0.39, 0.29) is 0 Å². The van der Waals surface area contributed by atoms with Crippen LogP contribution in [-0.4, -0.2) is 26.8 Å². The smallest absolute Gasteiger partial charge is 0.0494 e. The molecule has 0 rings (SSSR count). The highest BCUT2D eigenvalue weighted by atomic mass is 16.5. The van der Waals surface area contributed by atoms with Crippen LogP contribution in [0.3, 0.4) is 0 Å². The average molecular weight is 201 g/mol. The first kappa shape index (κ1) is 13.9. The normalized spacial score (nSPS) is 13.1. The zero-order chi connectivity index (χ0) is 10.6. The van der Waals surface area contributed by atoms with E-state index in [1.165, 1.54) is 25.7 Å². The van der Waals surface area contributed by atoms with E-state index in [0.717, 1.165) is 32.1 Å². The molecule has 0 aliphatic carbocycles. The second-order valence-corrected chi connectivity index (χ2v) is 3.95. The highest BCUT2D eigenvalue weighted by molar-refractivity contribution is 4.55. The molecule has 1 N–H and O–H groups in total. The number of nitrogens with one attached hydrogen (secondary N) is 1. The maximum absolute atomic E-state index is 5.65. The van der Waals surface area contributed by atoms with Crippen LogP contribution in [0.25, 0.3) is 0 Å². The number of hydrogen-bond acceptors (Lipinski definition) is 2. The zero-order valence-corrected chi connectivity index (χ0v) is 10.1. The van der Waals surface area contributed by atoms with Crippen LogP contribution in [0.1, 0.15) is 46.0 Å². The van der Waals surface area contributed by atoms with Crippen LogP contribution in [0.5, 0.6) is 0 Å². The lowest BCUT2D eigenvalue weighted by Crippen LogP contribution is -2.13. The van der Waals surface area contributed by atoms with Gasteiger partial charge in [0.25, 0.3) is 0 Å². The molecular weight excluding hydrogens is 174 g/mol. The Bertz CT molecular complexity index is 106. The summed E-state index contributed by atoms with van der Waals surface area (Å²) in [5, 5.41) is 3.12. The van der Waals surface area contributed by atoms with Crippen molar-refractivity contribution in [2.45, 2.75) is 46.0 Å². The predicted molar refractivity (Wildman–Crippen MR) is 62.7 cm³/mol. The lowest BCUT2D eigenvalue weighted by Gasteiger charge is -2.14. The monoisotopic (exact) mass is 201 g/mol. The lowest BCUT2D eigenvalue weighted by atomic mass is 10.0. The summed E-state index contributed by atoms with van der Waals surface area (Å²) in [6, 6.07) is 0. The molecule has 0 aromatic rings. The molecule has 1 atom stereocenters. The Balaban J connectivity index is 3.24. The minimum absolute atomic E-state index is 0.782. The number of ether oxygens (including phenoxy) is 1. The van der Waals surface area contributed by atoms with Crippen LogP contribution in [0.15, 0.2) is 0 Å². The van der Waals surface area contributed by atoms with Gasteiger partial charge >= 0.3 is 0 Å². The minimum Gasteiger partial charge on any atom is -0.381 e. The molecular formula is C12H27NO. The van der Waals surface area contributed by atoms with Gasteiger partial charge < -0.3 is 10.1 Å². The van der Waals surface area contributed by atoms with Crippen molar-refractivity contribution in [3.63, 3.8) is 0 Å². The van der Waals surface area contributed by atoms with Gasteiger partial charge in [0.05, 0.1) is 0 Å². The Kier molecular flexibility index (Phi) is 10.9. The van der Waals surface area contributed by atoms with Gasteiger partial charge in [-0.1, -0.05) is 33.1 Å². The molecule has 0 aromatic carbocycles. The maximum atomic E-state index is 5.65. The van der Waals surface area contributed by atoms with Crippen LogP contribution < -0.4 is 5.32 Å². The Morgan fingerprint density at radius 2 is 2.00 bits per heavy atom. The topological polar surface area (TPSA) is 21.3 Å². The second kappa shape index (κ2) is 11.0. The molecule has 14 heavy (non-hydrogen) atoms. The molecule has 1 unspecified atom stereocenters. The van der Waals surface area contributed by atoms with Crippen LogP contribution in [-0.2, 0) is 4.74 Å². The third-order valence-corrected chi connectivity index (χ3v) is 2.61. The standard InChI is InChI=1S/C12H27NO/c1-4-6-8-12(5-2)11-14-10-7-9-13-3/h12-13H,4-11H2,1-3H3. The van der Waals surface area contributed by atoms with Crippen LogP contribution >= 0.6 is 0 Å². The second-order valence-electron chi connectivity index (χ2n) is 3.95. The van der Waals surface area contributed by atoms with Crippen LogP contribution in [0.4, 0.5) is 0 Å². The molecule has 0 bridgehead atoms. The number of rotatable bonds is 10. The Morgan fingerprint density at radius 1 is 1.21 bits per heavy atom. The van der Waals surface area contributed by atoms with E-state index in [2.05, 4.69) is 19.2 Å². The molecule has 86 valence electrons. The fraction of sp³-hybridized carbons (Fsp3) is 1.00. The quantitative estimate of drug-likeness (QED) is 0.549. The van der Waals surface area contributed by atoms with Crippen molar-refractivity contribution in [3.8, 4) is 0 Å². The Hall–Kier alpha value is -0.0800. The molecule has 0 heterocycles. The van der Waals surface area contributed by atoms with Gasteiger partial charge in [0, 0.05) is 13.2 Å². The first-order chi connectivity index (χ1) is 6.85. The van der Waals surface area contributed by atoms with Crippen molar-refractivity contribution < 1.29 is 4.74 Å². The highest BCUT2D eigenvalue weighted by Gasteiger charge is 2.04. The molecule has 0 spiro atoms. The molecule has 0 aromatic heterocycles. The summed E-state index contributed by atoms with van der Waals surface area (Å²) in [5.41, 5.74) is 0. The summed E-state index contributed by atoms with van der Waals surface area (Å²) in [6.07, 6.45) is 6.36. The predicted octanol–water partition coefficient (Wildman–Crippen LogP) is 2.83. The van der Waals surface area contributed by atoms with Crippen molar-refractivity contribution >= 4 is 0 Å². The van der Waals surface area contributed by atoms with Gasteiger partial charge in [-0.2, -0.15) is 0 Å². The van der Waals surface area contributed by atoms with Gasteiger partial charge in [-0.15, -0.1) is 0 Å². The third-order valence-electron chi connectivity index (χ3n) is 2.61. The van der Waals surface area contributed by atoms with Crippen molar-refractivity contribution in [2.75, 3.05) is 26.8 Å². The SMILES string of the molecule is CCCCC(CC)COCCCNC. The zero-order valence-electron chi connectivity index (χ0n) is 10.1. The molecule has 0 radical (unpaired) electrons. The van der Waals surface area contributed by atoms with Gasteiger partial charge in [-0.25, -0.2) is 0 Å². The van der Waals surface area contributed by atoms with Gasteiger partial charge in [-0.05, 0) is 32.4 Å². The van der Waals surface area contributed by atoms with E-state index in [9.17, 15) is 0 Å². The fourth-order valence-corrected chi connectivity index (χ4v) is 1.50. The summed E-state index contributed by atoms with van der Waals surface area (Å²) < 4.78 is 5.65. The average Bonchev–Trinajstić information content (AvgIpc) is 2.22. The number of unbranched alkanes of at least 4 members (excludes halogenated alkanes) is 1. The lowest BCUT2D eigenvalue weighted by molar-refractivity contribution is 0.0924. The van der Waals surface area contributed by atoms with Gasteiger partial charge in [-0.3, -0.25) is 0 Å². The van der Waals surface area contributed by atoms with Crippen molar-refractivity contribution in [1.29, 1.82) is 0 Å². The molecule has 2 nitrogen and oxygen atoms in total. The molecule has 2 heteroatoms. The van der Waals surface area contributed by atoms with Crippen molar-refractivity contribution in [2.24, 2.45) is 5.92 Å². The summed E-state index contributed by atoms with van der Waals surface area (Å²) in [6.45, 7) is 7.44. The Labute approximate surface area is 89.4 Å².